The first kappa shape index (κ1) is 15.2. The predicted molar refractivity (Wildman–Crippen MR) is 96.4 cm³/mol. The Morgan fingerprint density at radius 3 is 2.38 bits per heavy atom. The summed E-state index contributed by atoms with van der Waals surface area (Å²) in [6, 6.07) is 24.1. The summed E-state index contributed by atoms with van der Waals surface area (Å²) in [5.74, 6) is 0.811. The van der Waals surface area contributed by atoms with Crippen LogP contribution in [-0.4, -0.2) is 5.06 Å². The van der Waals surface area contributed by atoms with Crippen LogP contribution in [0.2, 0.25) is 5.02 Å². The minimum atomic E-state index is -0.264. The van der Waals surface area contributed by atoms with E-state index >= 15 is 0 Å². The van der Waals surface area contributed by atoms with Crippen molar-refractivity contribution in [2.24, 2.45) is 5.73 Å². The highest BCUT2D eigenvalue weighted by Gasteiger charge is 2.29. The van der Waals surface area contributed by atoms with Crippen molar-refractivity contribution in [1.29, 1.82) is 0 Å². The maximum absolute atomic E-state index is 6.33. The molecule has 1 aliphatic heterocycles. The second-order valence-corrected chi connectivity index (χ2v) is 6.29. The maximum Gasteiger partial charge on any atom is 0.154 e. The summed E-state index contributed by atoms with van der Waals surface area (Å²) in [5.41, 5.74) is 10.7. The van der Waals surface area contributed by atoms with Crippen LogP contribution in [0.3, 0.4) is 0 Å². The van der Waals surface area contributed by atoms with Gasteiger partial charge in [0.15, 0.2) is 5.75 Å². The van der Waals surface area contributed by atoms with E-state index in [-0.39, 0.29) is 6.17 Å². The quantitative estimate of drug-likeness (QED) is 0.748. The lowest BCUT2D eigenvalue weighted by molar-refractivity contribution is -0.0781. The van der Waals surface area contributed by atoms with Crippen LogP contribution in [0.25, 0.3) is 11.1 Å². The second-order valence-electron chi connectivity index (χ2n) is 5.86. The van der Waals surface area contributed by atoms with Gasteiger partial charge in [-0.1, -0.05) is 66.2 Å². The number of nitrogens with two attached hydrogens (primary N) is 1. The molecule has 0 saturated heterocycles. The topological polar surface area (TPSA) is 38.5 Å². The Bertz CT molecular complexity index is 849. The Hall–Kier alpha value is -2.33. The first-order valence-corrected chi connectivity index (χ1v) is 8.22. The zero-order valence-electron chi connectivity index (χ0n) is 13.0. The smallest absolute Gasteiger partial charge is 0.154 e. The second kappa shape index (κ2) is 6.29. The number of benzene rings is 3. The molecular weight excluding hydrogens is 320 g/mol. The van der Waals surface area contributed by atoms with Gasteiger partial charge in [0.25, 0.3) is 0 Å². The highest BCUT2D eigenvalue weighted by Crippen LogP contribution is 2.38. The third-order valence-electron chi connectivity index (χ3n) is 4.22. The summed E-state index contributed by atoms with van der Waals surface area (Å²) in [6.07, 6.45) is -0.264. The van der Waals surface area contributed by atoms with Gasteiger partial charge in [-0.25, -0.2) is 0 Å². The lowest BCUT2D eigenvalue weighted by Crippen LogP contribution is -2.31. The van der Waals surface area contributed by atoms with Gasteiger partial charge in [0.2, 0.25) is 0 Å². The maximum atomic E-state index is 6.33. The van der Waals surface area contributed by atoms with E-state index in [0.29, 0.717) is 6.54 Å². The van der Waals surface area contributed by atoms with Crippen LogP contribution >= 0.6 is 11.6 Å². The van der Waals surface area contributed by atoms with E-state index in [2.05, 4.69) is 18.2 Å². The van der Waals surface area contributed by atoms with Gasteiger partial charge in [0.1, 0.15) is 6.17 Å². The van der Waals surface area contributed by atoms with Crippen molar-refractivity contribution in [1.82, 2.24) is 5.06 Å². The van der Waals surface area contributed by atoms with Crippen LogP contribution in [0.1, 0.15) is 17.3 Å². The van der Waals surface area contributed by atoms with E-state index in [1.807, 2.05) is 59.7 Å². The van der Waals surface area contributed by atoms with Crippen LogP contribution in [0.4, 0.5) is 0 Å². The molecule has 0 aromatic heterocycles. The van der Waals surface area contributed by atoms with Crippen LogP contribution in [0.15, 0.2) is 72.8 Å². The fourth-order valence-corrected chi connectivity index (χ4v) is 3.04. The van der Waals surface area contributed by atoms with Gasteiger partial charge < -0.3 is 10.6 Å². The van der Waals surface area contributed by atoms with Crippen LogP contribution in [0.5, 0.6) is 5.75 Å². The Kier molecular flexibility index (Phi) is 3.98. The summed E-state index contributed by atoms with van der Waals surface area (Å²) in [6.45, 7) is 0.646. The molecule has 0 saturated carbocycles. The molecule has 1 atom stereocenters. The Balaban J connectivity index is 1.59. The molecule has 0 radical (unpaired) electrons. The van der Waals surface area contributed by atoms with E-state index < -0.39 is 0 Å². The average Bonchev–Trinajstić information content (AvgIpc) is 2.92. The number of hydroxylamine groups is 2. The Morgan fingerprint density at radius 1 is 0.917 bits per heavy atom. The van der Waals surface area contributed by atoms with Gasteiger partial charge in [-0.15, -0.1) is 5.06 Å². The van der Waals surface area contributed by atoms with Crippen LogP contribution in [-0.2, 0) is 6.54 Å². The molecule has 4 rings (SSSR count). The zero-order chi connectivity index (χ0) is 16.5. The molecule has 0 spiro atoms. The molecule has 120 valence electrons. The van der Waals surface area contributed by atoms with Crippen LogP contribution in [0, 0.1) is 0 Å². The monoisotopic (exact) mass is 336 g/mol. The molecule has 0 bridgehead atoms. The number of rotatable bonds is 3. The Labute approximate surface area is 146 Å². The lowest BCUT2D eigenvalue weighted by atomic mass is 10.0. The highest BCUT2D eigenvalue weighted by atomic mass is 35.5. The average molecular weight is 337 g/mol. The summed E-state index contributed by atoms with van der Waals surface area (Å²) in [7, 11) is 0. The molecule has 2 N–H and O–H groups in total. The standard InChI is InChI=1S/C20H17ClN2O/c21-17-9-6-15(7-10-17)16-8-11-18-19(12-16)24-23(20(18)22)13-14-4-2-1-3-5-14/h1-12,20H,13,22H2. The number of fused-ring (bicyclic) bond motifs is 1. The van der Waals surface area contributed by atoms with Crippen molar-refractivity contribution in [3.05, 3.63) is 88.9 Å². The minimum absolute atomic E-state index is 0.264. The van der Waals surface area contributed by atoms with Gasteiger partial charge in [-0.05, 0) is 34.9 Å². The molecule has 0 aliphatic carbocycles. The van der Waals surface area contributed by atoms with Gasteiger partial charge in [-0.2, -0.15) is 0 Å². The fourth-order valence-electron chi connectivity index (χ4n) is 2.91. The van der Waals surface area contributed by atoms with E-state index in [1.165, 1.54) is 5.56 Å². The highest BCUT2D eigenvalue weighted by molar-refractivity contribution is 6.30. The van der Waals surface area contributed by atoms with E-state index in [9.17, 15) is 0 Å². The molecule has 0 amide bonds. The molecule has 0 fully saturated rings. The number of hydrogen-bond acceptors (Lipinski definition) is 3. The summed E-state index contributed by atoms with van der Waals surface area (Å²) < 4.78 is 0. The van der Waals surface area contributed by atoms with Crippen molar-refractivity contribution in [3.63, 3.8) is 0 Å². The molecule has 1 aliphatic rings. The first-order valence-electron chi connectivity index (χ1n) is 7.85. The third-order valence-corrected chi connectivity index (χ3v) is 4.47. The van der Waals surface area contributed by atoms with Crippen LogP contribution < -0.4 is 10.6 Å². The summed E-state index contributed by atoms with van der Waals surface area (Å²) in [4.78, 5) is 5.99. The normalized spacial score (nSPS) is 16.7. The summed E-state index contributed by atoms with van der Waals surface area (Å²) >= 11 is 5.96. The lowest BCUT2D eigenvalue weighted by Gasteiger charge is -2.19. The van der Waals surface area contributed by atoms with E-state index in [0.717, 1.165) is 27.5 Å². The first-order chi connectivity index (χ1) is 11.7. The molecule has 3 aromatic rings. The predicted octanol–water partition coefficient (Wildman–Crippen LogP) is 4.77. The third kappa shape index (κ3) is 2.89. The molecule has 3 aromatic carbocycles. The molecular formula is C20H17ClN2O. The van der Waals surface area contributed by atoms with Crippen molar-refractivity contribution in [2.75, 3.05) is 0 Å². The minimum Gasteiger partial charge on any atom is -0.403 e. The fraction of sp³-hybridized carbons (Fsp3) is 0.100. The van der Waals surface area contributed by atoms with Crippen molar-refractivity contribution >= 4 is 11.6 Å². The van der Waals surface area contributed by atoms with Gasteiger partial charge in [0.05, 0.1) is 6.54 Å². The van der Waals surface area contributed by atoms with Gasteiger partial charge >= 0.3 is 0 Å². The summed E-state index contributed by atoms with van der Waals surface area (Å²) in [5, 5.41) is 2.54. The molecule has 3 nitrogen and oxygen atoms in total. The Morgan fingerprint density at radius 2 is 1.62 bits per heavy atom. The number of hydrogen-bond donors (Lipinski definition) is 1. The molecule has 1 heterocycles. The van der Waals surface area contributed by atoms with Crippen molar-refractivity contribution in [2.45, 2.75) is 12.7 Å². The number of halogens is 1. The zero-order valence-corrected chi connectivity index (χ0v) is 13.8. The SMILES string of the molecule is NC1c2ccc(-c3ccc(Cl)cc3)cc2ON1Cc1ccccc1. The molecule has 24 heavy (non-hydrogen) atoms. The van der Waals surface area contributed by atoms with Crippen molar-refractivity contribution < 1.29 is 4.84 Å². The molecule has 1 unspecified atom stereocenters. The van der Waals surface area contributed by atoms with Gasteiger partial charge in [-0.3, -0.25) is 0 Å². The number of nitrogens with zero attached hydrogens (tertiary/aromatic N) is 1. The largest absolute Gasteiger partial charge is 0.403 e. The van der Waals surface area contributed by atoms with Crippen molar-refractivity contribution in [3.8, 4) is 16.9 Å². The van der Waals surface area contributed by atoms with E-state index in [1.54, 1.807) is 0 Å². The van der Waals surface area contributed by atoms with E-state index in [4.69, 9.17) is 22.2 Å². The molecule has 4 heteroatoms. The van der Waals surface area contributed by atoms with Gasteiger partial charge in [0, 0.05) is 10.6 Å².